The summed E-state index contributed by atoms with van der Waals surface area (Å²) in [4.78, 5) is 0. The molecule has 1 aromatic rings. The molecule has 0 spiro atoms. The molecule has 0 radical (unpaired) electrons. The van der Waals surface area contributed by atoms with Crippen molar-refractivity contribution in [3.8, 4) is 0 Å². The number of nitrogens with zero attached hydrogens (tertiary/aromatic N) is 1. The van der Waals surface area contributed by atoms with Gasteiger partial charge in [0.25, 0.3) is 0 Å². The lowest BCUT2D eigenvalue weighted by Crippen LogP contribution is -2.43. The van der Waals surface area contributed by atoms with Crippen molar-refractivity contribution in [2.45, 2.75) is 50.3 Å². The standard InChI is InChI=1S/C16H24N2O2S/c1-2-17-15-11-12-18(16-10-6-5-9-14(15)16)21(19,20)13-7-3-4-8-13/h5-6,9-10,13,15,17H,2-4,7-8,11-12H2,1H3. The van der Waals surface area contributed by atoms with Crippen LogP contribution in [-0.2, 0) is 10.0 Å². The van der Waals surface area contributed by atoms with E-state index in [-0.39, 0.29) is 11.3 Å². The molecule has 1 unspecified atom stereocenters. The monoisotopic (exact) mass is 308 g/mol. The van der Waals surface area contributed by atoms with Crippen molar-refractivity contribution in [1.82, 2.24) is 5.32 Å². The molecular formula is C16H24N2O2S. The second-order valence-corrected chi connectivity index (χ2v) is 8.12. The van der Waals surface area contributed by atoms with Gasteiger partial charge in [0.05, 0.1) is 10.9 Å². The van der Waals surface area contributed by atoms with Crippen LogP contribution in [0.5, 0.6) is 0 Å². The highest BCUT2D eigenvalue weighted by Gasteiger charge is 2.37. The maximum Gasteiger partial charge on any atom is 0.238 e. The molecule has 1 N–H and O–H groups in total. The molecule has 3 rings (SSSR count). The maximum atomic E-state index is 12.9. The van der Waals surface area contributed by atoms with Crippen LogP contribution in [0.15, 0.2) is 24.3 Å². The van der Waals surface area contributed by atoms with E-state index in [9.17, 15) is 8.42 Å². The van der Waals surface area contributed by atoms with Gasteiger partial charge in [0.2, 0.25) is 10.0 Å². The number of para-hydroxylation sites is 1. The minimum Gasteiger partial charge on any atom is -0.310 e. The van der Waals surface area contributed by atoms with Crippen molar-refractivity contribution >= 4 is 15.7 Å². The highest BCUT2D eigenvalue weighted by Crippen LogP contribution is 2.38. The highest BCUT2D eigenvalue weighted by molar-refractivity contribution is 7.93. The lowest BCUT2D eigenvalue weighted by atomic mass is 9.98. The quantitative estimate of drug-likeness (QED) is 0.930. The van der Waals surface area contributed by atoms with Crippen molar-refractivity contribution in [3.05, 3.63) is 29.8 Å². The molecule has 0 bridgehead atoms. The molecular weight excluding hydrogens is 284 g/mol. The summed E-state index contributed by atoms with van der Waals surface area (Å²) >= 11 is 0. The number of fused-ring (bicyclic) bond motifs is 1. The van der Waals surface area contributed by atoms with Crippen LogP contribution in [-0.4, -0.2) is 26.8 Å². The van der Waals surface area contributed by atoms with Crippen LogP contribution in [0, 0.1) is 0 Å². The fourth-order valence-electron chi connectivity index (χ4n) is 3.62. The summed E-state index contributed by atoms with van der Waals surface area (Å²) in [6, 6.07) is 8.20. The van der Waals surface area contributed by atoms with Crippen molar-refractivity contribution in [2.75, 3.05) is 17.4 Å². The van der Waals surface area contributed by atoms with Crippen LogP contribution in [0.2, 0.25) is 0 Å². The molecule has 116 valence electrons. The number of anilines is 1. The molecule has 0 aromatic heterocycles. The fraction of sp³-hybridized carbons (Fsp3) is 0.625. The molecule has 1 aliphatic heterocycles. The topological polar surface area (TPSA) is 49.4 Å². The Labute approximate surface area is 127 Å². The Kier molecular flexibility index (Phi) is 4.22. The predicted molar refractivity (Wildman–Crippen MR) is 86.0 cm³/mol. The van der Waals surface area contributed by atoms with Gasteiger partial charge in [-0.3, -0.25) is 4.31 Å². The lowest BCUT2D eigenvalue weighted by Gasteiger charge is -2.36. The van der Waals surface area contributed by atoms with E-state index in [4.69, 9.17) is 0 Å². The summed E-state index contributed by atoms with van der Waals surface area (Å²) in [5, 5.41) is 3.28. The Bertz CT molecular complexity index is 594. The third-order valence-electron chi connectivity index (χ3n) is 4.68. The van der Waals surface area contributed by atoms with Crippen LogP contribution in [0.1, 0.15) is 50.6 Å². The minimum atomic E-state index is -3.21. The van der Waals surface area contributed by atoms with Gasteiger partial charge in [-0.15, -0.1) is 0 Å². The first kappa shape index (κ1) is 14.9. The molecule has 21 heavy (non-hydrogen) atoms. The van der Waals surface area contributed by atoms with Gasteiger partial charge in [-0.25, -0.2) is 8.42 Å². The minimum absolute atomic E-state index is 0.179. The van der Waals surface area contributed by atoms with Gasteiger partial charge in [-0.2, -0.15) is 0 Å². The van der Waals surface area contributed by atoms with E-state index in [2.05, 4.69) is 18.3 Å². The number of sulfonamides is 1. The largest absolute Gasteiger partial charge is 0.310 e. The van der Waals surface area contributed by atoms with Crippen LogP contribution in [0.25, 0.3) is 0 Å². The van der Waals surface area contributed by atoms with Crippen LogP contribution in [0.4, 0.5) is 5.69 Å². The third-order valence-corrected chi connectivity index (χ3v) is 6.99. The van der Waals surface area contributed by atoms with Crippen molar-refractivity contribution < 1.29 is 8.42 Å². The van der Waals surface area contributed by atoms with Crippen LogP contribution < -0.4 is 9.62 Å². The Hall–Kier alpha value is -1.07. The van der Waals surface area contributed by atoms with Crippen molar-refractivity contribution in [1.29, 1.82) is 0 Å². The van der Waals surface area contributed by atoms with E-state index in [1.54, 1.807) is 4.31 Å². The van der Waals surface area contributed by atoms with Gasteiger partial charge in [0, 0.05) is 12.6 Å². The second-order valence-electron chi connectivity index (χ2n) is 5.98. The SMILES string of the molecule is CCNC1CCN(S(=O)(=O)C2CCCC2)c2ccccc21. The summed E-state index contributed by atoms with van der Waals surface area (Å²) < 4.78 is 27.5. The average molecular weight is 308 g/mol. The number of hydrogen-bond acceptors (Lipinski definition) is 3. The normalized spacial score (nSPS) is 23.3. The van der Waals surface area contributed by atoms with Gasteiger partial charge >= 0.3 is 0 Å². The van der Waals surface area contributed by atoms with Crippen molar-refractivity contribution in [3.63, 3.8) is 0 Å². The molecule has 1 saturated carbocycles. The molecule has 0 saturated heterocycles. The predicted octanol–water partition coefficient (Wildman–Crippen LogP) is 2.82. The molecule has 1 aromatic carbocycles. The fourth-order valence-corrected chi connectivity index (χ4v) is 5.71. The van der Waals surface area contributed by atoms with E-state index < -0.39 is 10.0 Å². The summed E-state index contributed by atoms with van der Waals surface area (Å²) in [5.41, 5.74) is 1.99. The van der Waals surface area contributed by atoms with Gasteiger partial charge < -0.3 is 5.32 Å². The Morgan fingerprint density at radius 1 is 1.19 bits per heavy atom. The van der Waals surface area contributed by atoms with Gasteiger partial charge in [-0.1, -0.05) is 38.0 Å². The number of nitrogens with one attached hydrogen (secondary N) is 1. The van der Waals surface area contributed by atoms with E-state index in [1.165, 1.54) is 0 Å². The van der Waals surface area contributed by atoms with Gasteiger partial charge in [0.15, 0.2) is 0 Å². The number of benzene rings is 1. The number of hydrogen-bond donors (Lipinski definition) is 1. The van der Waals surface area contributed by atoms with E-state index in [0.717, 1.165) is 49.9 Å². The first-order valence-corrected chi connectivity index (χ1v) is 9.48. The third kappa shape index (κ3) is 2.69. The first-order chi connectivity index (χ1) is 10.1. The zero-order chi connectivity index (χ0) is 14.9. The Balaban J connectivity index is 1.95. The second kappa shape index (κ2) is 5.97. The summed E-state index contributed by atoms with van der Waals surface area (Å²) in [6.07, 6.45) is 4.56. The molecule has 1 atom stereocenters. The van der Waals surface area contributed by atoms with E-state index >= 15 is 0 Å². The molecule has 1 aliphatic carbocycles. The first-order valence-electron chi connectivity index (χ1n) is 7.98. The zero-order valence-electron chi connectivity index (χ0n) is 12.6. The van der Waals surface area contributed by atoms with Gasteiger partial charge in [-0.05, 0) is 37.4 Å². The molecule has 1 fully saturated rings. The van der Waals surface area contributed by atoms with Crippen LogP contribution >= 0.6 is 0 Å². The summed E-state index contributed by atoms with van der Waals surface area (Å²) in [7, 11) is -3.21. The van der Waals surface area contributed by atoms with E-state index in [0.29, 0.717) is 6.54 Å². The molecule has 0 amide bonds. The van der Waals surface area contributed by atoms with Crippen molar-refractivity contribution in [2.24, 2.45) is 0 Å². The average Bonchev–Trinajstić information content (AvgIpc) is 3.02. The summed E-state index contributed by atoms with van der Waals surface area (Å²) in [5.74, 6) is 0. The molecule has 1 heterocycles. The smallest absolute Gasteiger partial charge is 0.238 e. The Morgan fingerprint density at radius 2 is 1.90 bits per heavy atom. The number of rotatable bonds is 4. The maximum absolute atomic E-state index is 12.9. The highest BCUT2D eigenvalue weighted by atomic mass is 32.2. The molecule has 4 nitrogen and oxygen atoms in total. The van der Waals surface area contributed by atoms with Crippen LogP contribution in [0.3, 0.4) is 0 Å². The van der Waals surface area contributed by atoms with Gasteiger partial charge in [0.1, 0.15) is 0 Å². The Morgan fingerprint density at radius 3 is 2.62 bits per heavy atom. The molecule has 2 aliphatic rings. The molecule has 5 heteroatoms. The zero-order valence-corrected chi connectivity index (χ0v) is 13.4. The lowest BCUT2D eigenvalue weighted by molar-refractivity contribution is 0.499. The van der Waals surface area contributed by atoms with E-state index in [1.807, 2.05) is 18.2 Å². The summed E-state index contributed by atoms with van der Waals surface area (Å²) in [6.45, 7) is 3.58.